The lowest BCUT2D eigenvalue weighted by Gasteiger charge is -2.00. The lowest BCUT2D eigenvalue weighted by Crippen LogP contribution is -2.12. The molecule has 92 valence electrons. The highest BCUT2D eigenvalue weighted by molar-refractivity contribution is 7.92. The molecule has 2 aromatic heterocycles. The molecule has 2 aromatic rings. The van der Waals surface area contributed by atoms with E-state index in [1.165, 1.54) is 23.1 Å². The van der Waals surface area contributed by atoms with Gasteiger partial charge in [-0.2, -0.15) is 5.10 Å². The molecule has 1 N–H and O–H groups in total. The molecule has 0 saturated carbocycles. The van der Waals surface area contributed by atoms with Gasteiger partial charge in [-0.05, 0) is 13.8 Å². The molecule has 0 amide bonds. The van der Waals surface area contributed by atoms with Gasteiger partial charge in [-0.25, -0.2) is 8.42 Å². The second-order valence-electron chi connectivity index (χ2n) is 3.46. The summed E-state index contributed by atoms with van der Waals surface area (Å²) in [6.45, 7) is 4.16. The number of aryl methyl sites for hydroxylation is 2. The summed E-state index contributed by atoms with van der Waals surface area (Å²) in [5.74, 6) is 0.693. The van der Waals surface area contributed by atoms with E-state index in [0.717, 1.165) is 0 Å². The largest absolute Gasteiger partial charge is 0.360 e. The zero-order valence-electron chi connectivity index (χ0n) is 9.41. The van der Waals surface area contributed by atoms with Crippen molar-refractivity contribution in [2.45, 2.75) is 25.3 Å². The van der Waals surface area contributed by atoms with Crippen molar-refractivity contribution in [3.63, 3.8) is 0 Å². The van der Waals surface area contributed by atoms with Crippen LogP contribution in [0, 0.1) is 6.92 Å². The van der Waals surface area contributed by atoms with Crippen molar-refractivity contribution in [1.82, 2.24) is 14.9 Å². The number of hydrogen-bond acceptors (Lipinski definition) is 5. The molecule has 0 spiro atoms. The standard InChI is InChI=1S/C9H12N4O3S/c1-3-13-6-8(5-10-13)17(14,15)12-9-4-7(2)16-11-9/h4-6H,3H2,1-2H3,(H,11,12). The average molecular weight is 256 g/mol. The van der Waals surface area contributed by atoms with Gasteiger partial charge >= 0.3 is 0 Å². The maximum Gasteiger partial charge on any atom is 0.266 e. The molecular formula is C9H12N4O3S. The van der Waals surface area contributed by atoms with Crippen molar-refractivity contribution < 1.29 is 12.9 Å². The summed E-state index contributed by atoms with van der Waals surface area (Å²) in [6, 6.07) is 1.50. The monoisotopic (exact) mass is 256 g/mol. The van der Waals surface area contributed by atoms with Crippen LogP contribution in [-0.2, 0) is 16.6 Å². The highest BCUT2D eigenvalue weighted by Crippen LogP contribution is 2.14. The Morgan fingerprint density at radius 2 is 2.29 bits per heavy atom. The van der Waals surface area contributed by atoms with E-state index in [-0.39, 0.29) is 10.7 Å². The molecule has 0 aromatic carbocycles. The van der Waals surface area contributed by atoms with E-state index in [1.54, 1.807) is 6.92 Å². The minimum atomic E-state index is -3.65. The van der Waals surface area contributed by atoms with E-state index >= 15 is 0 Å². The molecule has 7 nitrogen and oxygen atoms in total. The third-order valence-electron chi connectivity index (χ3n) is 2.11. The quantitative estimate of drug-likeness (QED) is 0.881. The molecule has 2 heterocycles. The molecule has 0 aliphatic carbocycles. The molecule has 0 aliphatic heterocycles. The topological polar surface area (TPSA) is 90.0 Å². The van der Waals surface area contributed by atoms with Crippen molar-refractivity contribution in [3.8, 4) is 0 Å². The van der Waals surface area contributed by atoms with Gasteiger partial charge in [0.2, 0.25) is 0 Å². The van der Waals surface area contributed by atoms with Crippen LogP contribution in [-0.4, -0.2) is 23.4 Å². The molecule has 0 unspecified atom stereocenters. The Kier molecular flexibility index (Phi) is 2.88. The van der Waals surface area contributed by atoms with Gasteiger partial charge in [-0.1, -0.05) is 5.16 Å². The first-order valence-corrected chi connectivity index (χ1v) is 6.48. The zero-order valence-corrected chi connectivity index (χ0v) is 10.2. The summed E-state index contributed by atoms with van der Waals surface area (Å²) < 4.78 is 32.4. The molecule has 0 aliphatic rings. The number of hydrogen-bond donors (Lipinski definition) is 1. The lowest BCUT2D eigenvalue weighted by atomic mass is 10.5. The van der Waals surface area contributed by atoms with Gasteiger partial charge in [0.1, 0.15) is 10.7 Å². The Balaban J connectivity index is 2.24. The molecule has 2 rings (SSSR count). The fourth-order valence-corrected chi connectivity index (χ4v) is 2.20. The Morgan fingerprint density at radius 1 is 1.53 bits per heavy atom. The van der Waals surface area contributed by atoms with Crippen LogP contribution in [0.1, 0.15) is 12.7 Å². The molecule has 0 fully saturated rings. The first kappa shape index (κ1) is 11.6. The van der Waals surface area contributed by atoms with Gasteiger partial charge in [0.15, 0.2) is 5.82 Å². The highest BCUT2D eigenvalue weighted by atomic mass is 32.2. The van der Waals surface area contributed by atoms with Gasteiger partial charge in [0.25, 0.3) is 10.0 Å². The molecular weight excluding hydrogens is 244 g/mol. The molecule has 0 atom stereocenters. The second-order valence-corrected chi connectivity index (χ2v) is 5.14. The SMILES string of the molecule is CCn1cc(S(=O)(=O)Nc2cc(C)on2)cn1. The fraction of sp³-hybridized carbons (Fsp3) is 0.333. The summed E-state index contributed by atoms with van der Waals surface area (Å²) in [5, 5.41) is 7.46. The third kappa shape index (κ3) is 2.47. The van der Waals surface area contributed by atoms with Crippen molar-refractivity contribution in [2.24, 2.45) is 0 Å². The number of aromatic nitrogens is 3. The van der Waals surface area contributed by atoms with Crippen LogP contribution in [0.15, 0.2) is 27.9 Å². The van der Waals surface area contributed by atoms with E-state index < -0.39 is 10.0 Å². The minimum absolute atomic E-state index is 0.0972. The number of anilines is 1. The Hall–Kier alpha value is -1.83. The van der Waals surface area contributed by atoms with E-state index in [4.69, 9.17) is 4.52 Å². The van der Waals surface area contributed by atoms with Crippen molar-refractivity contribution >= 4 is 15.8 Å². The lowest BCUT2D eigenvalue weighted by molar-refractivity contribution is 0.400. The number of rotatable bonds is 4. The molecule has 17 heavy (non-hydrogen) atoms. The van der Waals surface area contributed by atoms with Crippen molar-refractivity contribution in [3.05, 3.63) is 24.2 Å². The molecule has 0 saturated heterocycles. The third-order valence-corrected chi connectivity index (χ3v) is 3.42. The summed E-state index contributed by atoms with van der Waals surface area (Å²) >= 11 is 0. The van der Waals surface area contributed by atoms with E-state index in [2.05, 4.69) is 15.0 Å². The van der Waals surface area contributed by atoms with E-state index in [1.807, 2.05) is 6.92 Å². The molecule has 0 bridgehead atoms. The highest BCUT2D eigenvalue weighted by Gasteiger charge is 2.18. The maximum absolute atomic E-state index is 11.9. The minimum Gasteiger partial charge on any atom is -0.360 e. The van der Waals surface area contributed by atoms with Crippen LogP contribution in [0.4, 0.5) is 5.82 Å². The Labute approximate surface area is 98.5 Å². The van der Waals surface area contributed by atoms with Crippen LogP contribution in [0.5, 0.6) is 0 Å². The van der Waals surface area contributed by atoms with Gasteiger partial charge in [0.05, 0.1) is 6.20 Å². The predicted octanol–water partition coefficient (Wildman–Crippen LogP) is 1.00. The van der Waals surface area contributed by atoms with Gasteiger partial charge in [0, 0.05) is 18.8 Å². The smallest absolute Gasteiger partial charge is 0.266 e. The van der Waals surface area contributed by atoms with E-state index in [9.17, 15) is 8.42 Å². The first-order chi connectivity index (χ1) is 8.01. The van der Waals surface area contributed by atoms with Crippen molar-refractivity contribution in [1.29, 1.82) is 0 Å². The summed E-state index contributed by atoms with van der Waals surface area (Å²) in [7, 11) is -3.65. The number of nitrogens with one attached hydrogen (secondary N) is 1. The normalized spacial score (nSPS) is 11.6. The summed E-state index contributed by atoms with van der Waals surface area (Å²) in [5.41, 5.74) is 0. The second kappa shape index (κ2) is 4.21. The number of nitrogens with zero attached hydrogens (tertiary/aromatic N) is 3. The molecule has 8 heteroatoms. The average Bonchev–Trinajstić information content (AvgIpc) is 2.86. The van der Waals surface area contributed by atoms with Crippen LogP contribution in [0.3, 0.4) is 0 Å². The predicted molar refractivity (Wildman–Crippen MR) is 59.9 cm³/mol. The summed E-state index contributed by atoms with van der Waals surface area (Å²) in [6.07, 6.45) is 2.74. The van der Waals surface area contributed by atoms with Crippen molar-refractivity contribution in [2.75, 3.05) is 4.72 Å². The maximum atomic E-state index is 11.9. The van der Waals surface area contributed by atoms with E-state index in [0.29, 0.717) is 12.3 Å². The molecule has 0 radical (unpaired) electrons. The fourth-order valence-electron chi connectivity index (χ4n) is 1.27. The van der Waals surface area contributed by atoms with Crippen LogP contribution < -0.4 is 4.72 Å². The van der Waals surface area contributed by atoms with Crippen LogP contribution in [0.2, 0.25) is 0 Å². The van der Waals surface area contributed by atoms with Gasteiger partial charge in [-0.15, -0.1) is 0 Å². The Morgan fingerprint density at radius 3 is 2.82 bits per heavy atom. The summed E-state index contributed by atoms with van der Waals surface area (Å²) in [4.78, 5) is 0.0972. The Bertz CT molecular complexity index is 614. The van der Waals surface area contributed by atoms with Crippen LogP contribution in [0.25, 0.3) is 0 Å². The van der Waals surface area contributed by atoms with Gasteiger partial charge in [-0.3, -0.25) is 9.40 Å². The zero-order chi connectivity index (χ0) is 12.5. The van der Waals surface area contributed by atoms with Gasteiger partial charge < -0.3 is 4.52 Å². The number of sulfonamides is 1. The van der Waals surface area contributed by atoms with Crippen LogP contribution >= 0.6 is 0 Å². The first-order valence-electron chi connectivity index (χ1n) is 5.00.